The number of ether oxygens (including phenoxy) is 1. The Morgan fingerprint density at radius 1 is 1.09 bits per heavy atom. The zero-order valence-electron chi connectivity index (χ0n) is 17.9. The van der Waals surface area contributed by atoms with Crippen LogP contribution in [0.4, 0.5) is 5.69 Å². The molecule has 2 aromatic carbocycles. The van der Waals surface area contributed by atoms with Gasteiger partial charge in [-0.2, -0.15) is 0 Å². The van der Waals surface area contributed by atoms with Crippen molar-refractivity contribution in [1.29, 1.82) is 0 Å². The molecular formula is C23H27N3O5S. The van der Waals surface area contributed by atoms with E-state index in [1.54, 1.807) is 19.1 Å². The summed E-state index contributed by atoms with van der Waals surface area (Å²) in [6, 6.07) is 16.1. The Balaban J connectivity index is 1.45. The molecule has 2 aliphatic heterocycles. The summed E-state index contributed by atoms with van der Waals surface area (Å²) < 4.78 is 30.9. The van der Waals surface area contributed by atoms with Crippen LogP contribution in [0.3, 0.4) is 0 Å². The summed E-state index contributed by atoms with van der Waals surface area (Å²) in [6.07, 6.45) is 0. The highest BCUT2D eigenvalue weighted by Gasteiger charge is 2.41. The van der Waals surface area contributed by atoms with Crippen LogP contribution in [0.2, 0.25) is 0 Å². The lowest BCUT2D eigenvalue weighted by Gasteiger charge is -2.35. The molecule has 0 aromatic heterocycles. The molecule has 2 fully saturated rings. The predicted molar refractivity (Wildman–Crippen MR) is 121 cm³/mol. The van der Waals surface area contributed by atoms with E-state index in [1.165, 1.54) is 12.1 Å². The highest BCUT2D eigenvalue weighted by Crippen LogP contribution is 2.28. The van der Waals surface area contributed by atoms with Crippen molar-refractivity contribution in [3.8, 4) is 0 Å². The van der Waals surface area contributed by atoms with Gasteiger partial charge in [-0.25, -0.2) is 12.7 Å². The fraction of sp³-hybridized carbons (Fsp3) is 0.391. The number of hydrogen-bond donors (Lipinski definition) is 1. The largest absolute Gasteiger partial charge is 0.379 e. The van der Waals surface area contributed by atoms with E-state index in [4.69, 9.17) is 4.74 Å². The SMILES string of the molecule is CC1CS(=O)(=O)N(c2ccc(C(=O)NCC(c3ccccc3)N3CCOCC3)cc2)C1=O. The zero-order chi connectivity index (χ0) is 22.7. The average molecular weight is 458 g/mol. The van der Waals surface area contributed by atoms with E-state index in [9.17, 15) is 18.0 Å². The van der Waals surface area contributed by atoms with Gasteiger partial charge in [-0.05, 0) is 29.8 Å². The number of carbonyl (C=O) groups is 2. The number of nitrogens with zero attached hydrogens (tertiary/aromatic N) is 2. The average Bonchev–Trinajstić information content (AvgIpc) is 3.01. The van der Waals surface area contributed by atoms with E-state index >= 15 is 0 Å². The number of sulfonamides is 1. The predicted octanol–water partition coefficient (Wildman–Crippen LogP) is 1.80. The Morgan fingerprint density at radius 3 is 2.34 bits per heavy atom. The minimum absolute atomic E-state index is 0.0252. The number of nitrogens with one attached hydrogen (secondary N) is 1. The second kappa shape index (κ2) is 9.40. The first-order valence-corrected chi connectivity index (χ1v) is 12.3. The number of rotatable bonds is 6. The van der Waals surface area contributed by atoms with Crippen LogP contribution in [0.15, 0.2) is 54.6 Å². The quantitative estimate of drug-likeness (QED) is 0.711. The monoisotopic (exact) mass is 457 g/mol. The van der Waals surface area contributed by atoms with Crippen molar-refractivity contribution in [1.82, 2.24) is 10.2 Å². The number of benzene rings is 2. The highest BCUT2D eigenvalue weighted by molar-refractivity contribution is 7.94. The molecule has 2 heterocycles. The Labute approximate surface area is 188 Å². The molecule has 2 aromatic rings. The molecular weight excluding hydrogens is 430 g/mol. The van der Waals surface area contributed by atoms with Gasteiger partial charge in [0.1, 0.15) is 0 Å². The van der Waals surface area contributed by atoms with Crippen molar-refractivity contribution in [2.24, 2.45) is 5.92 Å². The van der Waals surface area contributed by atoms with Crippen LogP contribution in [-0.2, 0) is 19.6 Å². The molecule has 9 heteroatoms. The van der Waals surface area contributed by atoms with Crippen LogP contribution in [-0.4, -0.2) is 63.7 Å². The third-order valence-corrected chi connectivity index (χ3v) is 7.72. The van der Waals surface area contributed by atoms with Crippen LogP contribution < -0.4 is 9.62 Å². The van der Waals surface area contributed by atoms with Crippen LogP contribution in [0.25, 0.3) is 0 Å². The summed E-state index contributed by atoms with van der Waals surface area (Å²) >= 11 is 0. The fourth-order valence-corrected chi connectivity index (χ4v) is 5.97. The number of anilines is 1. The van der Waals surface area contributed by atoms with Crippen LogP contribution in [0.5, 0.6) is 0 Å². The van der Waals surface area contributed by atoms with Crippen molar-refractivity contribution in [2.75, 3.05) is 42.9 Å². The molecule has 0 bridgehead atoms. The molecule has 0 radical (unpaired) electrons. The van der Waals surface area contributed by atoms with Gasteiger partial charge >= 0.3 is 0 Å². The summed E-state index contributed by atoms with van der Waals surface area (Å²) in [5, 5.41) is 3.00. The van der Waals surface area contributed by atoms with Gasteiger partial charge < -0.3 is 10.1 Å². The first kappa shape index (κ1) is 22.4. The van der Waals surface area contributed by atoms with Crippen molar-refractivity contribution in [3.63, 3.8) is 0 Å². The number of carbonyl (C=O) groups excluding carboxylic acids is 2. The van der Waals surface area contributed by atoms with Crippen molar-refractivity contribution >= 4 is 27.5 Å². The zero-order valence-corrected chi connectivity index (χ0v) is 18.8. The minimum Gasteiger partial charge on any atom is -0.379 e. The van der Waals surface area contributed by atoms with Gasteiger partial charge in [-0.1, -0.05) is 37.3 Å². The van der Waals surface area contributed by atoms with E-state index in [0.29, 0.717) is 25.3 Å². The van der Waals surface area contributed by atoms with E-state index < -0.39 is 21.8 Å². The molecule has 2 atom stereocenters. The molecule has 2 unspecified atom stereocenters. The maximum Gasteiger partial charge on any atom is 0.251 e. The Morgan fingerprint density at radius 2 is 1.75 bits per heavy atom. The first-order valence-electron chi connectivity index (χ1n) is 10.7. The van der Waals surface area contributed by atoms with E-state index in [0.717, 1.165) is 23.0 Å². The smallest absolute Gasteiger partial charge is 0.251 e. The van der Waals surface area contributed by atoms with Gasteiger partial charge in [0.15, 0.2) is 0 Å². The topological polar surface area (TPSA) is 96.0 Å². The Kier molecular flexibility index (Phi) is 6.59. The first-order chi connectivity index (χ1) is 15.4. The van der Waals surface area contributed by atoms with E-state index in [1.807, 2.05) is 18.2 Å². The third-order valence-electron chi connectivity index (χ3n) is 5.85. The number of morpholine rings is 1. The van der Waals surface area contributed by atoms with Gasteiger partial charge in [0, 0.05) is 25.2 Å². The lowest BCUT2D eigenvalue weighted by atomic mass is 10.0. The molecule has 0 aliphatic carbocycles. The third kappa shape index (κ3) is 4.69. The van der Waals surface area contributed by atoms with Crippen LogP contribution in [0, 0.1) is 5.92 Å². The number of hydrogen-bond acceptors (Lipinski definition) is 6. The van der Waals surface area contributed by atoms with Crippen molar-refractivity contribution in [2.45, 2.75) is 13.0 Å². The normalized spacial score (nSPS) is 22.0. The standard InChI is InChI=1S/C23H27N3O5S/c1-17-16-32(29,30)26(23(17)28)20-9-7-19(8-10-20)22(27)24-15-21(18-5-3-2-4-6-18)25-11-13-31-14-12-25/h2-10,17,21H,11-16H2,1H3,(H,24,27). The van der Waals surface area contributed by atoms with Crippen LogP contribution >= 0.6 is 0 Å². The summed E-state index contributed by atoms with van der Waals surface area (Å²) in [6.45, 7) is 4.94. The molecule has 2 amide bonds. The molecule has 8 nitrogen and oxygen atoms in total. The Bertz CT molecular complexity index is 1070. The van der Waals surface area contributed by atoms with Gasteiger partial charge in [0.2, 0.25) is 15.9 Å². The summed E-state index contributed by atoms with van der Waals surface area (Å²) in [4.78, 5) is 27.3. The summed E-state index contributed by atoms with van der Waals surface area (Å²) in [5.41, 5.74) is 1.78. The molecule has 0 spiro atoms. The van der Waals surface area contributed by atoms with Gasteiger partial charge in [-0.3, -0.25) is 14.5 Å². The molecule has 170 valence electrons. The van der Waals surface area contributed by atoms with E-state index in [-0.39, 0.29) is 23.4 Å². The molecule has 2 aliphatic rings. The molecule has 1 N–H and O–H groups in total. The van der Waals surface area contributed by atoms with Crippen molar-refractivity contribution < 1.29 is 22.7 Å². The second-order valence-electron chi connectivity index (χ2n) is 8.11. The Hall–Kier alpha value is -2.75. The molecule has 32 heavy (non-hydrogen) atoms. The van der Waals surface area contributed by atoms with E-state index in [2.05, 4.69) is 22.3 Å². The lowest BCUT2D eigenvalue weighted by Crippen LogP contribution is -2.43. The highest BCUT2D eigenvalue weighted by atomic mass is 32.2. The molecule has 2 saturated heterocycles. The van der Waals surface area contributed by atoms with Crippen molar-refractivity contribution in [3.05, 3.63) is 65.7 Å². The maximum absolute atomic E-state index is 12.8. The summed E-state index contributed by atoms with van der Waals surface area (Å²) in [7, 11) is -3.67. The number of amides is 2. The van der Waals surface area contributed by atoms with Gasteiger partial charge in [0.25, 0.3) is 5.91 Å². The van der Waals surface area contributed by atoms with Gasteiger partial charge in [0.05, 0.1) is 36.6 Å². The van der Waals surface area contributed by atoms with Gasteiger partial charge in [-0.15, -0.1) is 0 Å². The maximum atomic E-state index is 12.8. The minimum atomic E-state index is -3.67. The summed E-state index contributed by atoms with van der Waals surface area (Å²) in [5.74, 6) is -1.47. The van der Waals surface area contributed by atoms with Crippen LogP contribution in [0.1, 0.15) is 28.9 Å². The molecule has 0 saturated carbocycles. The molecule has 4 rings (SSSR count). The lowest BCUT2D eigenvalue weighted by molar-refractivity contribution is -0.119. The second-order valence-corrected chi connectivity index (χ2v) is 9.98. The fourth-order valence-electron chi connectivity index (χ4n) is 4.15.